The Morgan fingerprint density at radius 2 is 1.70 bits per heavy atom. The number of methoxy groups -OCH3 is 1. The zero-order chi connectivity index (χ0) is 23.4. The number of anilines is 1. The zero-order valence-electron chi connectivity index (χ0n) is 18.8. The minimum atomic E-state index is -0.884. The standard InChI is InChI=1S/C27H25NO5/c1-4-22(27(30)28-21-11-7-5-9-17(21)2)32-26-24(29)20-10-6-8-12-23(20)33-25(26)18-13-15-19(31-3)16-14-18/h5-16,22H,4H2,1-3H3,(H,28,30). The number of para-hydroxylation sites is 2. The maximum absolute atomic E-state index is 13.4. The number of amides is 1. The quantitative estimate of drug-likeness (QED) is 0.404. The van der Waals surface area contributed by atoms with E-state index in [-0.39, 0.29) is 22.8 Å². The fourth-order valence-corrected chi connectivity index (χ4v) is 3.56. The number of benzene rings is 3. The van der Waals surface area contributed by atoms with Crippen LogP contribution in [0.25, 0.3) is 22.3 Å². The molecule has 0 spiro atoms. The van der Waals surface area contributed by atoms with Crippen LogP contribution >= 0.6 is 0 Å². The van der Waals surface area contributed by atoms with E-state index in [0.29, 0.717) is 34.4 Å². The van der Waals surface area contributed by atoms with Gasteiger partial charge in [0.05, 0.1) is 12.5 Å². The van der Waals surface area contributed by atoms with E-state index in [1.54, 1.807) is 55.6 Å². The number of carbonyl (C=O) groups is 1. The van der Waals surface area contributed by atoms with Crippen LogP contribution in [0, 0.1) is 6.92 Å². The van der Waals surface area contributed by atoms with Gasteiger partial charge in [0, 0.05) is 11.3 Å². The molecule has 1 aromatic heterocycles. The second-order valence-electron chi connectivity index (χ2n) is 7.63. The highest BCUT2D eigenvalue weighted by Gasteiger charge is 2.25. The highest BCUT2D eigenvalue weighted by Crippen LogP contribution is 2.33. The van der Waals surface area contributed by atoms with Gasteiger partial charge < -0.3 is 19.2 Å². The average molecular weight is 443 g/mol. The second kappa shape index (κ2) is 9.61. The van der Waals surface area contributed by atoms with Crippen molar-refractivity contribution in [2.75, 3.05) is 12.4 Å². The van der Waals surface area contributed by atoms with Crippen molar-refractivity contribution in [2.45, 2.75) is 26.4 Å². The molecule has 168 valence electrons. The molecule has 0 aliphatic rings. The summed E-state index contributed by atoms with van der Waals surface area (Å²) in [4.78, 5) is 26.4. The molecule has 0 aliphatic carbocycles. The third-order valence-electron chi connectivity index (χ3n) is 5.43. The molecular weight excluding hydrogens is 418 g/mol. The van der Waals surface area contributed by atoms with E-state index in [9.17, 15) is 9.59 Å². The maximum Gasteiger partial charge on any atom is 0.265 e. The summed E-state index contributed by atoms with van der Waals surface area (Å²) < 4.78 is 17.4. The molecule has 1 N–H and O–H groups in total. The van der Waals surface area contributed by atoms with Crippen molar-refractivity contribution in [3.8, 4) is 22.8 Å². The van der Waals surface area contributed by atoms with Crippen molar-refractivity contribution in [3.63, 3.8) is 0 Å². The third-order valence-corrected chi connectivity index (χ3v) is 5.43. The van der Waals surface area contributed by atoms with E-state index >= 15 is 0 Å². The van der Waals surface area contributed by atoms with Crippen molar-refractivity contribution < 1.29 is 18.7 Å². The summed E-state index contributed by atoms with van der Waals surface area (Å²) in [5.41, 5.74) is 2.39. The Bertz CT molecular complexity index is 1340. The maximum atomic E-state index is 13.4. The molecule has 33 heavy (non-hydrogen) atoms. The molecule has 4 aromatic rings. The van der Waals surface area contributed by atoms with E-state index in [4.69, 9.17) is 13.9 Å². The van der Waals surface area contributed by atoms with E-state index in [0.717, 1.165) is 5.56 Å². The average Bonchev–Trinajstić information content (AvgIpc) is 2.85. The molecule has 0 aliphatic heterocycles. The number of aryl methyl sites for hydroxylation is 1. The third kappa shape index (κ3) is 4.60. The molecule has 0 radical (unpaired) electrons. The summed E-state index contributed by atoms with van der Waals surface area (Å²) in [6.45, 7) is 3.75. The molecule has 4 rings (SSSR count). The first-order valence-electron chi connectivity index (χ1n) is 10.7. The van der Waals surface area contributed by atoms with Crippen molar-refractivity contribution in [1.29, 1.82) is 0 Å². The number of ether oxygens (including phenoxy) is 2. The number of rotatable bonds is 7. The van der Waals surface area contributed by atoms with Crippen LogP contribution in [0.4, 0.5) is 5.69 Å². The van der Waals surface area contributed by atoms with Crippen LogP contribution in [0.1, 0.15) is 18.9 Å². The van der Waals surface area contributed by atoms with Gasteiger partial charge in [-0.2, -0.15) is 0 Å². The largest absolute Gasteiger partial charge is 0.497 e. The summed E-state index contributed by atoms with van der Waals surface area (Å²) in [5, 5.41) is 3.29. The first-order valence-corrected chi connectivity index (χ1v) is 10.7. The topological polar surface area (TPSA) is 77.8 Å². The monoisotopic (exact) mass is 443 g/mol. The SMILES string of the molecule is CCC(Oc1c(-c2ccc(OC)cc2)oc2ccccc2c1=O)C(=O)Nc1ccccc1C. The van der Waals surface area contributed by atoms with Gasteiger partial charge >= 0.3 is 0 Å². The van der Waals surface area contributed by atoms with Crippen LogP contribution in [0.15, 0.2) is 82.0 Å². The first-order chi connectivity index (χ1) is 16.0. The fraction of sp³-hybridized carbons (Fsp3) is 0.185. The van der Waals surface area contributed by atoms with Gasteiger partial charge in [0.25, 0.3) is 5.91 Å². The predicted molar refractivity (Wildman–Crippen MR) is 129 cm³/mol. The molecule has 0 saturated heterocycles. The lowest BCUT2D eigenvalue weighted by atomic mass is 10.1. The van der Waals surface area contributed by atoms with Gasteiger partial charge in [-0.25, -0.2) is 0 Å². The summed E-state index contributed by atoms with van der Waals surface area (Å²) in [6, 6.07) is 21.6. The van der Waals surface area contributed by atoms with Crippen molar-refractivity contribution in [2.24, 2.45) is 0 Å². The van der Waals surface area contributed by atoms with Crippen LogP contribution in [0.2, 0.25) is 0 Å². The van der Waals surface area contributed by atoms with Gasteiger partial charge in [0.1, 0.15) is 11.3 Å². The summed E-state index contributed by atoms with van der Waals surface area (Å²) in [7, 11) is 1.58. The van der Waals surface area contributed by atoms with Gasteiger partial charge in [-0.05, 0) is 61.4 Å². The molecule has 6 heteroatoms. The van der Waals surface area contributed by atoms with Crippen molar-refractivity contribution in [1.82, 2.24) is 0 Å². The normalized spacial score (nSPS) is 11.7. The minimum Gasteiger partial charge on any atom is -0.497 e. The van der Waals surface area contributed by atoms with Gasteiger partial charge in [-0.1, -0.05) is 37.3 Å². The Kier molecular flexibility index (Phi) is 6.45. The Balaban J connectivity index is 1.76. The zero-order valence-corrected chi connectivity index (χ0v) is 18.8. The van der Waals surface area contributed by atoms with Crippen LogP contribution in [0.5, 0.6) is 11.5 Å². The Morgan fingerprint density at radius 1 is 1.00 bits per heavy atom. The minimum absolute atomic E-state index is 0.00523. The Labute approximate surface area is 191 Å². The van der Waals surface area contributed by atoms with E-state index in [1.807, 2.05) is 38.1 Å². The highest BCUT2D eigenvalue weighted by atomic mass is 16.5. The molecule has 3 aromatic carbocycles. The van der Waals surface area contributed by atoms with Gasteiger partial charge in [-0.15, -0.1) is 0 Å². The number of fused-ring (bicyclic) bond motifs is 1. The van der Waals surface area contributed by atoms with Crippen LogP contribution in [-0.4, -0.2) is 19.1 Å². The van der Waals surface area contributed by atoms with Crippen LogP contribution in [-0.2, 0) is 4.79 Å². The van der Waals surface area contributed by atoms with Crippen molar-refractivity contribution >= 4 is 22.6 Å². The van der Waals surface area contributed by atoms with Gasteiger partial charge in [-0.3, -0.25) is 9.59 Å². The lowest BCUT2D eigenvalue weighted by molar-refractivity contribution is -0.122. The molecule has 6 nitrogen and oxygen atoms in total. The predicted octanol–water partition coefficient (Wildman–Crippen LogP) is 5.57. The Hall–Kier alpha value is -4.06. The lowest BCUT2D eigenvalue weighted by Crippen LogP contribution is -2.34. The molecular formula is C27H25NO5. The smallest absolute Gasteiger partial charge is 0.265 e. The van der Waals surface area contributed by atoms with E-state index in [1.165, 1.54) is 0 Å². The van der Waals surface area contributed by atoms with E-state index < -0.39 is 6.10 Å². The van der Waals surface area contributed by atoms with Crippen molar-refractivity contribution in [3.05, 3.63) is 88.6 Å². The molecule has 1 amide bonds. The number of hydrogen-bond donors (Lipinski definition) is 1. The van der Waals surface area contributed by atoms with Crippen LogP contribution in [0.3, 0.4) is 0 Å². The summed E-state index contributed by atoms with van der Waals surface area (Å²) in [5.74, 6) is 0.614. The number of nitrogens with one attached hydrogen (secondary N) is 1. The van der Waals surface area contributed by atoms with E-state index in [2.05, 4.69) is 5.32 Å². The van der Waals surface area contributed by atoms with Gasteiger partial charge in [0.15, 0.2) is 11.9 Å². The van der Waals surface area contributed by atoms with Crippen LogP contribution < -0.4 is 20.2 Å². The number of hydrogen-bond acceptors (Lipinski definition) is 5. The molecule has 0 saturated carbocycles. The summed E-state index contributed by atoms with van der Waals surface area (Å²) in [6.07, 6.45) is -0.517. The molecule has 0 fully saturated rings. The molecule has 1 atom stereocenters. The second-order valence-corrected chi connectivity index (χ2v) is 7.63. The fourth-order valence-electron chi connectivity index (χ4n) is 3.56. The first kappa shape index (κ1) is 22.1. The lowest BCUT2D eigenvalue weighted by Gasteiger charge is -2.19. The summed E-state index contributed by atoms with van der Waals surface area (Å²) >= 11 is 0. The number of carbonyl (C=O) groups excluding carboxylic acids is 1. The molecule has 1 unspecified atom stereocenters. The highest BCUT2D eigenvalue weighted by molar-refractivity contribution is 5.95. The molecule has 0 bridgehead atoms. The van der Waals surface area contributed by atoms with Gasteiger partial charge in [0.2, 0.25) is 11.2 Å². The molecule has 1 heterocycles. The Morgan fingerprint density at radius 3 is 2.39 bits per heavy atom.